The van der Waals surface area contributed by atoms with E-state index >= 15 is 0 Å². The Morgan fingerprint density at radius 2 is 1.51 bits per heavy atom. The van der Waals surface area contributed by atoms with Crippen LogP contribution in [-0.2, 0) is 9.47 Å². The van der Waals surface area contributed by atoms with Crippen LogP contribution < -0.4 is 14.8 Å². The van der Waals surface area contributed by atoms with E-state index in [4.69, 9.17) is 13.9 Å². The second kappa shape index (κ2) is 9.70. The van der Waals surface area contributed by atoms with Gasteiger partial charge in [-0.3, -0.25) is 0 Å². The molecule has 0 radical (unpaired) electrons. The van der Waals surface area contributed by atoms with Crippen LogP contribution in [0.4, 0.5) is 0 Å². The van der Waals surface area contributed by atoms with Gasteiger partial charge in [0.25, 0.3) is 0 Å². The summed E-state index contributed by atoms with van der Waals surface area (Å²) in [5.74, 6) is 0.0618. The molecule has 2 aliphatic rings. The molecule has 2 fully saturated rings. The van der Waals surface area contributed by atoms with Crippen molar-refractivity contribution in [2.45, 2.75) is 88.9 Å². The van der Waals surface area contributed by atoms with Crippen LogP contribution in [0.25, 0.3) is 0 Å². The molecule has 1 saturated heterocycles. The smallest absolute Gasteiger partial charge is 0.319 e. The Morgan fingerprint density at radius 3 is 2.11 bits per heavy atom. The summed E-state index contributed by atoms with van der Waals surface area (Å²) in [6, 6.07) is 29.3. The summed E-state index contributed by atoms with van der Waals surface area (Å²) in [6.07, 6.45) is 2.87. The van der Waals surface area contributed by atoms with Gasteiger partial charge in [-0.1, -0.05) is 106 Å². The van der Waals surface area contributed by atoms with Crippen molar-refractivity contribution in [3.63, 3.8) is 0 Å². The summed E-state index contributed by atoms with van der Waals surface area (Å²) in [6.45, 7) is 10.7. The zero-order valence-electron chi connectivity index (χ0n) is 22.7. The summed E-state index contributed by atoms with van der Waals surface area (Å²) in [4.78, 5) is 0. The lowest BCUT2D eigenvalue weighted by atomic mass is 9.76. The van der Waals surface area contributed by atoms with Crippen molar-refractivity contribution in [2.24, 2.45) is 0 Å². The molecule has 1 heterocycles. The predicted molar refractivity (Wildman–Crippen MR) is 151 cm³/mol. The van der Waals surface area contributed by atoms with Gasteiger partial charge in [0.1, 0.15) is 17.5 Å². The van der Waals surface area contributed by atoms with E-state index in [-0.39, 0.29) is 11.1 Å². The highest BCUT2D eigenvalue weighted by molar-refractivity contribution is 7.00. The predicted octanol–water partition coefficient (Wildman–Crippen LogP) is 6.12. The van der Waals surface area contributed by atoms with Crippen molar-refractivity contribution in [1.82, 2.24) is 0 Å². The maximum atomic E-state index is 11.8. The normalized spacial score (nSPS) is 24.3. The first-order valence-corrected chi connectivity index (χ1v) is 15.4. The van der Waals surface area contributed by atoms with E-state index in [9.17, 15) is 5.11 Å². The van der Waals surface area contributed by atoms with Crippen LogP contribution in [0.3, 0.4) is 0 Å². The van der Waals surface area contributed by atoms with E-state index in [1.807, 2.05) is 38.1 Å². The zero-order chi connectivity index (χ0) is 26.3. The molecule has 3 atom stereocenters. The van der Waals surface area contributed by atoms with Gasteiger partial charge in [0.15, 0.2) is 5.79 Å². The van der Waals surface area contributed by atoms with E-state index < -0.39 is 25.8 Å². The minimum Gasteiger partial charge on any atom is -0.534 e. The van der Waals surface area contributed by atoms with Gasteiger partial charge in [-0.15, -0.1) is 0 Å². The molecule has 0 aromatic heterocycles. The minimum atomic E-state index is -2.78. The second-order valence-corrected chi connectivity index (χ2v) is 16.3. The highest BCUT2D eigenvalue weighted by atomic mass is 28.4. The van der Waals surface area contributed by atoms with Crippen LogP contribution in [0.15, 0.2) is 84.9 Å². The molecular weight excluding hydrogens is 476 g/mol. The SMILES string of the molecule is CC1(C)O[C@@H]2CCCC[C@]2(C(O)c2cccc(O[Si](c3ccccc3)(c3ccccc3)C(C)(C)C)c2)O1. The molecule has 1 N–H and O–H groups in total. The lowest BCUT2D eigenvalue weighted by Gasteiger charge is -2.43. The molecule has 196 valence electrons. The number of hydrogen-bond acceptors (Lipinski definition) is 4. The van der Waals surface area contributed by atoms with E-state index in [2.05, 4.69) is 81.4 Å². The average molecular weight is 517 g/mol. The topological polar surface area (TPSA) is 47.9 Å². The Balaban J connectivity index is 1.57. The number of aliphatic hydroxyl groups excluding tert-OH is 1. The molecule has 0 spiro atoms. The fourth-order valence-electron chi connectivity index (χ4n) is 6.46. The Kier molecular flexibility index (Phi) is 6.86. The lowest BCUT2D eigenvalue weighted by molar-refractivity contribution is -0.188. The van der Waals surface area contributed by atoms with Gasteiger partial charge in [-0.05, 0) is 59.8 Å². The van der Waals surface area contributed by atoms with Crippen molar-refractivity contribution >= 4 is 18.7 Å². The Hall–Kier alpha value is -2.44. The fourth-order valence-corrected chi connectivity index (χ4v) is 10.9. The molecule has 3 aromatic carbocycles. The van der Waals surface area contributed by atoms with Gasteiger partial charge < -0.3 is 19.0 Å². The van der Waals surface area contributed by atoms with Crippen LogP contribution >= 0.6 is 0 Å². The first kappa shape index (κ1) is 26.2. The first-order valence-electron chi connectivity index (χ1n) is 13.5. The highest BCUT2D eigenvalue weighted by Gasteiger charge is 2.58. The third kappa shape index (κ3) is 4.67. The minimum absolute atomic E-state index is 0.118. The van der Waals surface area contributed by atoms with Gasteiger partial charge in [-0.25, -0.2) is 0 Å². The van der Waals surface area contributed by atoms with Crippen molar-refractivity contribution < 1.29 is 19.0 Å². The van der Waals surface area contributed by atoms with Crippen LogP contribution in [0.1, 0.15) is 72.0 Å². The van der Waals surface area contributed by atoms with Crippen LogP contribution in [0, 0.1) is 0 Å². The molecule has 0 amide bonds. The van der Waals surface area contributed by atoms with E-state index in [0.29, 0.717) is 0 Å². The van der Waals surface area contributed by atoms with Crippen molar-refractivity contribution in [2.75, 3.05) is 0 Å². The van der Waals surface area contributed by atoms with Gasteiger partial charge in [0, 0.05) is 0 Å². The van der Waals surface area contributed by atoms with Crippen LogP contribution in [-0.4, -0.2) is 30.9 Å². The van der Waals surface area contributed by atoms with Crippen molar-refractivity contribution in [3.05, 3.63) is 90.5 Å². The fraction of sp³-hybridized carbons (Fsp3) is 0.438. The Bertz CT molecular complexity index is 1160. The van der Waals surface area contributed by atoms with Gasteiger partial charge in [0.2, 0.25) is 0 Å². The maximum Gasteiger partial charge on any atom is 0.319 e. The number of rotatable bonds is 6. The molecule has 5 heteroatoms. The largest absolute Gasteiger partial charge is 0.534 e. The number of benzene rings is 3. The zero-order valence-corrected chi connectivity index (χ0v) is 23.7. The van der Waals surface area contributed by atoms with E-state index in [0.717, 1.165) is 37.0 Å². The molecule has 1 aliphatic carbocycles. The number of ether oxygens (including phenoxy) is 2. The molecule has 0 bridgehead atoms. The number of aliphatic hydroxyl groups is 1. The third-order valence-electron chi connectivity index (χ3n) is 8.02. The molecule has 37 heavy (non-hydrogen) atoms. The first-order chi connectivity index (χ1) is 17.6. The Morgan fingerprint density at radius 1 is 0.892 bits per heavy atom. The average Bonchev–Trinajstić information content (AvgIpc) is 3.18. The Labute approximate surface area is 222 Å². The van der Waals surface area contributed by atoms with Crippen molar-refractivity contribution in [3.8, 4) is 5.75 Å². The second-order valence-electron chi connectivity index (χ2n) is 12.0. The molecule has 1 saturated carbocycles. The van der Waals surface area contributed by atoms with E-state index in [1.165, 1.54) is 10.4 Å². The van der Waals surface area contributed by atoms with Gasteiger partial charge in [0.05, 0.1) is 6.10 Å². The number of hydrogen-bond donors (Lipinski definition) is 1. The summed E-state index contributed by atoms with van der Waals surface area (Å²) < 4.78 is 20.0. The van der Waals surface area contributed by atoms with Gasteiger partial charge in [-0.2, -0.15) is 0 Å². The standard InChI is InChI=1S/C32H40O4Si/c1-30(2,3)37(26-17-8-6-9-18-26,27-19-10-7-11-20-27)35-25-16-14-15-24(23-25)29(33)32-22-13-12-21-28(32)34-31(4,5)36-32/h6-11,14-20,23,28-29,33H,12-13,21-22H2,1-5H3/t28-,29?,32+/m1/s1. The van der Waals surface area contributed by atoms with Gasteiger partial charge >= 0.3 is 8.32 Å². The van der Waals surface area contributed by atoms with Crippen LogP contribution in [0.5, 0.6) is 5.75 Å². The van der Waals surface area contributed by atoms with E-state index in [1.54, 1.807) is 0 Å². The van der Waals surface area contributed by atoms with Crippen LogP contribution in [0.2, 0.25) is 5.04 Å². The summed E-state index contributed by atoms with van der Waals surface area (Å²) >= 11 is 0. The summed E-state index contributed by atoms with van der Waals surface area (Å²) in [7, 11) is -2.78. The quantitative estimate of drug-likeness (QED) is 0.401. The summed E-state index contributed by atoms with van der Waals surface area (Å²) in [5.41, 5.74) is 0.0706. The third-order valence-corrected chi connectivity index (χ3v) is 13.0. The summed E-state index contributed by atoms with van der Waals surface area (Å²) in [5, 5.41) is 14.1. The highest BCUT2D eigenvalue weighted by Crippen LogP contribution is 2.51. The molecule has 3 aromatic rings. The monoisotopic (exact) mass is 516 g/mol. The molecule has 1 aliphatic heterocycles. The molecule has 5 rings (SSSR count). The lowest BCUT2D eigenvalue weighted by Crippen LogP contribution is -2.68. The molecular formula is C32H40O4Si. The molecule has 1 unspecified atom stereocenters. The molecule has 4 nitrogen and oxygen atoms in total. The van der Waals surface area contributed by atoms with Crippen molar-refractivity contribution in [1.29, 1.82) is 0 Å². The number of fused-ring (bicyclic) bond motifs is 1. The maximum absolute atomic E-state index is 11.8.